The summed E-state index contributed by atoms with van der Waals surface area (Å²) in [6, 6.07) is 12.4. The van der Waals surface area contributed by atoms with Gasteiger partial charge in [-0.05, 0) is 55.4 Å². The molecule has 0 aliphatic heterocycles. The van der Waals surface area contributed by atoms with E-state index in [0.717, 1.165) is 53.2 Å². The molecule has 0 radical (unpaired) electrons. The lowest BCUT2D eigenvalue weighted by Crippen LogP contribution is -2.28. The number of ketones is 1. The van der Waals surface area contributed by atoms with E-state index in [4.69, 9.17) is 10.1 Å². The summed E-state index contributed by atoms with van der Waals surface area (Å²) >= 11 is 0. The van der Waals surface area contributed by atoms with E-state index in [1.165, 1.54) is 11.3 Å². The second-order valence-corrected chi connectivity index (χ2v) is 8.59. The number of hydrogen-bond donors (Lipinski definition) is 0. The minimum atomic E-state index is -0.0217. The fourth-order valence-corrected chi connectivity index (χ4v) is 4.57. The smallest absolute Gasteiger partial charge is 0.165 e. The van der Waals surface area contributed by atoms with Gasteiger partial charge in [0.2, 0.25) is 0 Å². The lowest BCUT2D eigenvalue weighted by Gasteiger charge is -2.31. The molecule has 0 N–H and O–H groups in total. The Hall–Kier alpha value is -2.75. The van der Waals surface area contributed by atoms with E-state index in [1.54, 1.807) is 0 Å². The zero-order chi connectivity index (χ0) is 18.8. The third-order valence-corrected chi connectivity index (χ3v) is 5.79. The second kappa shape index (κ2) is 5.62. The Bertz CT molecular complexity index is 1080. The molecule has 0 spiro atoms. The summed E-state index contributed by atoms with van der Waals surface area (Å²) in [5, 5.41) is 4.83. The van der Waals surface area contributed by atoms with E-state index >= 15 is 0 Å². The van der Waals surface area contributed by atoms with Gasteiger partial charge in [-0.25, -0.2) is 4.68 Å². The lowest BCUT2D eigenvalue weighted by atomic mass is 9.75. The van der Waals surface area contributed by atoms with E-state index in [0.29, 0.717) is 6.42 Å². The van der Waals surface area contributed by atoms with Crippen molar-refractivity contribution in [3.05, 3.63) is 64.6 Å². The quantitative estimate of drug-likeness (QED) is 0.644. The summed E-state index contributed by atoms with van der Waals surface area (Å²) in [7, 11) is 0. The number of benzene rings is 1. The summed E-state index contributed by atoms with van der Waals surface area (Å²) < 4.78 is 2.06. The van der Waals surface area contributed by atoms with Crippen molar-refractivity contribution in [3.8, 4) is 16.9 Å². The number of nitrogens with zero attached hydrogens (tertiary/aromatic N) is 3. The van der Waals surface area contributed by atoms with Crippen LogP contribution >= 0.6 is 0 Å². The summed E-state index contributed by atoms with van der Waals surface area (Å²) in [5.74, 6) is 0.235. The number of hydrogen-bond acceptors (Lipinski definition) is 3. The normalized spacial score (nSPS) is 17.2. The maximum Gasteiger partial charge on any atom is 0.165 e. The Morgan fingerprint density at radius 1 is 1.07 bits per heavy atom. The van der Waals surface area contributed by atoms with Crippen LogP contribution in [-0.2, 0) is 19.3 Å². The highest BCUT2D eigenvalue weighted by Gasteiger charge is 2.34. The fourth-order valence-electron chi connectivity index (χ4n) is 4.57. The highest BCUT2D eigenvalue weighted by molar-refractivity contribution is 5.99. The van der Waals surface area contributed by atoms with Crippen molar-refractivity contribution in [2.45, 2.75) is 46.5 Å². The number of carbonyl (C=O) groups is 1. The van der Waals surface area contributed by atoms with E-state index in [9.17, 15) is 4.79 Å². The predicted molar refractivity (Wildman–Crippen MR) is 105 cm³/mol. The number of para-hydroxylation sites is 1. The molecule has 136 valence electrons. The van der Waals surface area contributed by atoms with Gasteiger partial charge < -0.3 is 0 Å². The first-order chi connectivity index (χ1) is 12.9. The van der Waals surface area contributed by atoms with E-state index in [2.05, 4.69) is 43.7 Å². The van der Waals surface area contributed by atoms with Gasteiger partial charge in [0.15, 0.2) is 5.78 Å². The first-order valence-electron chi connectivity index (χ1n) is 9.63. The molecule has 3 aromatic rings. The number of aromatic nitrogens is 3. The van der Waals surface area contributed by atoms with Gasteiger partial charge >= 0.3 is 0 Å². The van der Waals surface area contributed by atoms with Gasteiger partial charge in [-0.15, -0.1) is 0 Å². The Labute approximate surface area is 159 Å². The molecule has 2 heterocycles. The topological polar surface area (TPSA) is 47.8 Å². The Morgan fingerprint density at radius 3 is 2.63 bits per heavy atom. The van der Waals surface area contributed by atoms with Gasteiger partial charge in [0.05, 0.1) is 28.5 Å². The van der Waals surface area contributed by atoms with Gasteiger partial charge in [-0.3, -0.25) is 9.78 Å². The highest BCUT2D eigenvalue weighted by atomic mass is 16.1. The summed E-state index contributed by atoms with van der Waals surface area (Å²) in [6.07, 6.45) is 3.27. The van der Waals surface area contributed by atoms with E-state index in [1.807, 2.05) is 18.2 Å². The molecule has 27 heavy (non-hydrogen) atoms. The largest absolute Gasteiger partial charge is 0.294 e. The molecule has 0 saturated heterocycles. The SMILES string of the molecule is Cc1nn(-c2ccccc2)c2c1-c1nc3c(cc1CC2)C(=O)CC(C)(C)C3. The molecule has 0 amide bonds. The minimum Gasteiger partial charge on any atom is -0.294 e. The van der Waals surface area contributed by atoms with Crippen molar-refractivity contribution < 1.29 is 4.79 Å². The number of carbonyl (C=O) groups excluding carboxylic acids is 1. The van der Waals surface area contributed by atoms with Crippen LogP contribution in [0.2, 0.25) is 0 Å². The van der Waals surface area contributed by atoms with Crippen LogP contribution in [-0.4, -0.2) is 20.5 Å². The predicted octanol–water partition coefficient (Wildman–Crippen LogP) is 4.50. The molecule has 0 bridgehead atoms. The molecule has 0 atom stereocenters. The van der Waals surface area contributed by atoms with Crippen LogP contribution in [0.15, 0.2) is 36.4 Å². The molecule has 5 rings (SSSR count). The molecule has 0 saturated carbocycles. The number of rotatable bonds is 1. The highest BCUT2D eigenvalue weighted by Crippen LogP contribution is 2.40. The van der Waals surface area contributed by atoms with Gasteiger partial charge in [-0.2, -0.15) is 5.10 Å². The van der Waals surface area contributed by atoms with Gasteiger partial charge in [-0.1, -0.05) is 32.0 Å². The van der Waals surface area contributed by atoms with Gasteiger partial charge in [0.25, 0.3) is 0 Å². The maximum absolute atomic E-state index is 12.6. The molecule has 0 unspecified atom stereocenters. The number of Topliss-reactive ketones (excluding diaryl/α,β-unsaturated/α-hetero) is 1. The molecule has 2 aromatic heterocycles. The monoisotopic (exact) mass is 357 g/mol. The van der Waals surface area contributed by atoms with Crippen LogP contribution in [0.1, 0.15) is 53.3 Å². The number of aryl methyl sites for hydroxylation is 2. The summed E-state index contributed by atoms with van der Waals surface area (Å²) in [4.78, 5) is 17.7. The van der Waals surface area contributed by atoms with Crippen LogP contribution in [0, 0.1) is 12.3 Å². The standard InChI is InChI=1S/C23H23N3O/c1-14-21-19(26(25-14)16-7-5-4-6-8-16)10-9-15-11-17-18(24-22(15)21)12-23(2,3)13-20(17)27/h4-8,11H,9-10,12-13H2,1-3H3. The minimum absolute atomic E-state index is 0.0217. The average Bonchev–Trinajstić information content (AvgIpc) is 2.97. The molecule has 2 aliphatic rings. The molecule has 4 nitrogen and oxygen atoms in total. The molecule has 2 aliphatic carbocycles. The van der Waals surface area contributed by atoms with Crippen LogP contribution in [0.3, 0.4) is 0 Å². The Morgan fingerprint density at radius 2 is 1.85 bits per heavy atom. The molecule has 1 aromatic carbocycles. The van der Waals surface area contributed by atoms with Crippen molar-refractivity contribution in [2.24, 2.45) is 5.41 Å². The van der Waals surface area contributed by atoms with Crippen LogP contribution in [0.25, 0.3) is 16.9 Å². The zero-order valence-electron chi connectivity index (χ0n) is 16.0. The van der Waals surface area contributed by atoms with Crippen molar-refractivity contribution in [2.75, 3.05) is 0 Å². The van der Waals surface area contributed by atoms with Crippen LogP contribution < -0.4 is 0 Å². The Kier molecular flexibility index (Phi) is 3.42. The summed E-state index contributed by atoms with van der Waals surface area (Å²) in [5.41, 5.74) is 8.44. The zero-order valence-corrected chi connectivity index (χ0v) is 16.0. The second-order valence-electron chi connectivity index (χ2n) is 8.59. The molecular weight excluding hydrogens is 334 g/mol. The summed E-state index contributed by atoms with van der Waals surface area (Å²) in [6.45, 7) is 6.36. The third-order valence-electron chi connectivity index (χ3n) is 5.79. The van der Waals surface area contributed by atoms with Crippen molar-refractivity contribution in [1.82, 2.24) is 14.8 Å². The fraction of sp³-hybridized carbons (Fsp3) is 0.348. The van der Waals surface area contributed by atoms with Crippen molar-refractivity contribution >= 4 is 5.78 Å². The Balaban J connectivity index is 1.70. The average molecular weight is 357 g/mol. The van der Waals surface area contributed by atoms with Crippen LogP contribution in [0.5, 0.6) is 0 Å². The number of pyridine rings is 1. The first kappa shape index (κ1) is 16.4. The van der Waals surface area contributed by atoms with Crippen molar-refractivity contribution in [3.63, 3.8) is 0 Å². The maximum atomic E-state index is 12.6. The van der Waals surface area contributed by atoms with Crippen LogP contribution in [0.4, 0.5) is 0 Å². The van der Waals surface area contributed by atoms with Gasteiger partial charge in [0, 0.05) is 17.5 Å². The van der Waals surface area contributed by atoms with Gasteiger partial charge in [0.1, 0.15) is 0 Å². The molecule has 0 fully saturated rings. The lowest BCUT2D eigenvalue weighted by molar-refractivity contribution is 0.0910. The third kappa shape index (κ3) is 2.54. The van der Waals surface area contributed by atoms with Crippen molar-refractivity contribution in [1.29, 1.82) is 0 Å². The van der Waals surface area contributed by atoms with E-state index < -0.39 is 0 Å². The number of fused-ring (bicyclic) bond motifs is 4. The van der Waals surface area contributed by atoms with E-state index in [-0.39, 0.29) is 11.2 Å². The first-order valence-corrected chi connectivity index (χ1v) is 9.63. The molecular formula is C23H23N3O. The molecule has 4 heteroatoms.